The average Bonchev–Trinajstić information content (AvgIpc) is 2.87. The van der Waals surface area contributed by atoms with Gasteiger partial charge in [0.25, 0.3) is 0 Å². The van der Waals surface area contributed by atoms with E-state index in [1.165, 1.54) is 72.9 Å². The molecule has 6 aliphatic rings. The predicted molar refractivity (Wildman–Crippen MR) is 87.9 cm³/mol. The van der Waals surface area contributed by atoms with Crippen LogP contribution in [0.5, 0.6) is 0 Å². The fourth-order valence-electron chi connectivity index (χ4n) is 6.00. The van der Waals surface area contributed by atoms with Crippen LogP contribution < -0.4 is 0 Å². The van der Waals surface area contributed by atoms with E-state index in [2.05, 4.69) is 0 Å². The first-order chi connectivity index (χ1) is 11.7. The molecule has 0 aromatic rings. The third-order valence-corrected chi connectivity index (χ3v) is 8.14. The van der Waals surface area contributed by atoms with Crippen molar-refractivity contribution in [3.8, 4) is 0 Å². The predicted octanol–water partition coefficient (Wildman–Crippen LogP) is 2.69. The van der Waals surface area contributed by atoms with Gasteiger partial charge in [0.2, 0.25) is 0 Å². The Kier molecular flexibility index (Phi) is 5.09. The molecule has 25 heavy (non-hydrogen) atoms. The second-order valence-corrected chi connectivity index (χ2v) is 11.4. The van der Waals surface area contributed by atoms with Crippen molar-refractivity contribution in [3.05, 3.63) is 0 Å². The maximum absolute atomic E-state index is 8.74. The zero-order chi connectivity index (χ0) is 17.9. The average molecular weight is 384 g/mol. The van der Waals surface area contributed by atoms with E-state index < -0.39 is 10.4 Å². The fourth-order valence-corrected chi connectivity index (χ4v) is 6.57. The SMILES string of the molecule is O=S(=O)(O)O.[Na][CH]1CCC2(CC1)OOC1(O2)C2CC3CC(C2)CC1C3. The summed E-state index contributed by atoms with van der Waals surface area (Å²) >= 11 is 1.31. The van der Waals surface area contributed by atoms with Gasteiger partial charge < -0.3 is 0 Å². The van der Waals surface area contributed by atoms with Crippen molar-refractivity contribution in [2.24, 2.45) is 23.7 Å². The normalized spacial score (nSPS) is 51.0. The molecule has 138 valence electrons. The van der Waals surface area contributed by atoms with Crippen LogP contribution in [0.25, 0.3) is 0 Å². The molecule has 1 saturated heterocycles. The molecule has 1 aliphatic heterocycles. The van der Waals surface area contributed by atoms with Gasteiger partial charge in [-0.25, -0.2) is 0 Å². The minimum atomic E-state index is -4.67. The van der Waals surface area contributed by atoms with Crippen molar-refractivity contribution in [2.75, 3.05) is 0 Å². The Hall–Kier alpha value is 0.750. The number of rotatable bonds is 0. The molecular formula is C16H25NaO7S. The Balaban J connectivity index is 0.000000280. The Labute approximate surface area is 166 Å². The molecule has 5 aliphatic carbocycles. The molecule has 6 fully saturated rings. The number of hydrogen-bond acceptors (Lipinski definition) is 5. The molecule has 2 N–H and O–H groups in total. The van der Waals surface area contributed by atoms with E-state index in [0.29, 0.717) is 11.8 Å². The van der Waals surface area contributed by atoms with Gasteiger partial charge in [-0.2, -0.15) is 8.42 Å². The summed E-state index contributed by atoms with van der Waals surface area (Å²) in [6.45, 7) is 0. The van der Waals surface area contributed by atoms with Crippen LogP contribution in [-0.2, 0) is 24.9 Å². The second-order valence-electron chi connectivity index (χ2n) is 8.84. The summed E-state index contributed by atoms with van der Waals surface area (Å²) in [6.07, 6.45) is 11.4. The second kappa shape index (κ2) is 6.67. The molecule has 0 aromatic carbocycles. The van der Waals surface area contributed by atoms with Crippen molar-refractivity contribution >= 4 is 38.3 Å². The minimum absolute atomic E-state index is 0.356. The summed E-state index contributed by atoms with van der Waals surface area (Å²) in [6, 6.07) is 0. The molecule has 6 rings (SSSR count). The van der Waals surface area contributed by atoms with Crippen LogP contribution in [0.15, 0.2) is 0 Å². The van der Waals surface area contributed by atoms with Crippen molar-refractivity contribution in [1.29, 1.82) is 0 Å². The van der Waals surface area contributed by atoms with Crippen molar-refractivity contribution < 1.29 is 32.0 Å². The van der Waals surface area contributed by atoms with Crippen LogP contribution >= 0.6 is 0 Å². The van der Waals surface area contributed by atoms with Crippen LogP contribution in [0.4, 0.5) is 0 Å². The summed E-state index contributed by atoms with van der Waals surface area (Å²) in [5.41, 5.74) is 0. The van der Waals surface area contributed by atoms with Crippen molar-refractivity contribution in [1.82, 2.24) is 0 Å². The Bertz CT molecular complexity index is 578. The van der Waals surface area contributed by atoms with Crippen molar-refractivity contribution in [3.63, 3.8) is 0 Å². The summed E-state index contributed by atoms with van der Waals surface area (Å²) < 4.78 is 39.2. The van der Waals surface area contributed by atoms with Crippen LogP contribution in [0.2, 0.25) is 3.17 Å². The summed E-state index contributed by atoms with van der Waals surface area (Å²) in [4.78, 5) is 11.9. The first kappa shape index (κ1) is 19.1. The third-order valence-electron chi connectivity index (χ3n) is 6.98. The van der Waals surface area contributed by atoms with Crippen LogP contribution in [-0.4, -0.2) is 57.0 Å². The molecule has 5 saturated carbocycles. The van der Waals surface area contributed by atoms with E-state index >= 15 is 0 Å². The van der Waals surface area contributed by atoms with E-state index in [0.717, 1.165) is 27.8 Å². The topological polar surface area (TPSA) is 102 Å². The number of ether oxygens (including phenoxy) is 1. The molecule has 0 radical (unpaired) electrons. The molecule has 4 bridgehead atoms. The van der Waals surface area contributed by atoms with Gasteiger partial charge in [-0.3, -0.25) is 9.11 Å². The van der Waals surface area contributed by atoms with E-state index in [1.807, 2.05) is 0 Å². The van der Waals surface area contributed by atoms with E-state index in [9.17, 15) is 0 Å². The fraction of sp³-hybridized carbons (Fsp3) is 1.00. The van der Waals surface area contributed by atoms with Crippen LogP contribution in [0.1, 0.15) is 57.8 Å². The van der Waals surface area contributed by atoms with Gasteiger partial charge in [-0.05, 0) is 0 Å². The van der Waals surface area contributed by atoms with E-state index in [-0.39, 0.29) is 11.6 Å². The summed E-state index contributed by atoms with van der Waals surface area (Å²) in [5, 5.41) is 0. The van der Waals surface area contributed by atoms with Gasteiger partial charge in [0.15, 0.2) is 0 Å². The molecule has 0 aromatic heterocycles. The molecule has 9 heteroatoms. The standard InChI is InChI=1S/C16H23O3.Na.H2O4S/c1-2-4-15(5-3-1)17-16(19-18-15)13-7-11-6-12(9-13)10-14(16)8-11;;1-5(2,3)4/h1,11-14H,2-10H2;;(H2,1,2,3,4). The van der Waals surface area contributed by atoms with Crippen LogP contribution in [0.3, 0.4) is 0 Å². The van der Waals surface area contributed by atoms with Gasteiger partial charge in [-0.15, -0.1) is 0 Å². The van der Waals surface area contributed by atoms with Gasteiger partial charge in [0.1, 0.15) is 0 Å². The van der Waals surface area contributed by atoms with E-state index in [1.54, 1.807) is 0 Å². The van der Waals surface area contributed by atoms with Gasteiger partial charge >= 0.3 is 149 Å². The molecule has 0 unspecified atom stereocenters. The summed E-state index contributed by atoms with van der Waals surface area (Å²) in [7, 11) is -4.67. The van der Waals surface area contributed by atoms with Gasteiger partial charge in [0.05, 0.1) is 0 Å². The zero-order valence-corrected chi connectivity index (χ0v) is 17.4. The molecule has 0 amide bonds. The molecule has 0 atom stereocenters. The van der Waals surface area contributed by atoms with Gasteiger partial charge in [-0.1, -0.05) is 0 Å². The zero-order valence-electron chi connectivity index (χ0n) is 14.6. The van der Waals surface area contributed by atoms with Crippen LogP contribution in [0, 0.1) is 23.7 Å². The molecule has 2 spiro atoms. The first-order valence-corrected chi connectivity index (χ1v) is 12.0. The number of hydrogen-bond donors (Lipinski definition) is 2. The Morgan fingerprint density at radius 1 is 0.880 bits per heavy atom. The molecular weight excluding hydrogens is 359 g/mol. The quantitative estimate of drug-likeness (QED) is 0.376. The maximum atomic E-state index is 8.74. The van der Waals surface area contributed by atoms with Gasteiger partial charge in [0, 0.05) is 0 Å². The first-order valence-electron chi connectivity index (χ1n) is 9.44. The summed E-state index contributed by atoms with van der Waals surface area (Å²) in [5.74, 6) is 2.37. The molecule has 1 heterocycles. The molecule has 7 nitrogen and oxygen atoms in total. The Morgan fingerprint density at radius 3 is 1.84 bits per heavy atom. The van der Waals surface area contributed by atoms with Crippen molar-refractivity contribution in [2.45, 2.75) is 72.5 Å². The van der Waals surface area contributed by atoms with E-state index in [4.69, 9.17) is 32.0 Å². The third kappa shape index (κ3) is 3.84. The monoisotopic (exact) mass is 384 g/mol. The Morgan fingerprint density at radius 2 is 1.36 bits per heavy atom.